The molecule has 3 aromatic rings. The van der Waals surface area contributed by atoms with Crippen LogP contribution in [0.4, 0.5) is 17.2 Å². The van der Waals surface area contributed by atoms with E-state index >= 15 is 0 Å². The zero-order valence-corrected chi connectivity index (χ0v) is 16.4. The van der Waals surface area contributed by atoms with Gasteiger partial charge >= 0.3 is 0 Å². The number of ether oxygens (including phenoxy) is 1. The molecule has 0 spiro atoms. The van der Waals surface area contributed by atoms with Crippen molar-refractivity contribution < 1.29 is 9.53 Å². The number of rotatable bonds is 7. The van der Waals surface area contributed by atoms with Crippen molar-refractivity contribution in [2.24, 2.45) is 0 Å². The average Bonchev–Trinajstić information content (AvgIpc) is 2.70. The lowest BCUT2D eigenvalue weighted by atomic mass is 10.0. The van der Waals surface area contributed by atoms with E-state index in [9.17, 15) is 4.79 Å². The maximum atomic E-state index is 12.2. The molecule has 0 aliphatic rings. The van der Waals surface area contributed by atoms with E-state index in [2.05, 4.69) is 41.6 Å². The Labute approximate surface area is 165 Å². The van der Waals surface area contributed by atoms with Gasteiger partial charge in [-0.05, 0) is 47.4 Å². The molecule has 1 aromatic heterocycles. The summed E-state index contributed by atoms with van der Waals surface area (Å²) < 4.78 is 5.13. The third-order valence-corrected chi connectivity index (χ3v) is 4.42. The molecule has 0 aliphatic heterocycles. The zero-order valence-electron chi connectivity index (χ0n) is 16.4. The molecule has 28 heavy (non-hydrogen) atoms. The molecule has 0 aliphatic carbocycles. The monoisotopic (exact) mass is 375 g/mol. The number of nitrogens with zero attached hydrogens (tertiary/aromatic N) is 1. The lowest BCUT2D eigenvalue weighted by Gasteiger charge is -2.14. The number of carbonyl (C=O) groups excluding carboxylic acids is 1. The fourth-order valence-corrected chi connectivity index (χ4v) is 2.93. The summed E-state index contributed by atoms with van der Waals surface area (Å²) in [6, 6.07) is 19.4. The van der Waals surface area contributed by atoms with Gasteiger partial charge in [0, 0.05) is 5.69 Å². The van der Waals surface area contributed by atoms with Crippen LogP contribution in [0.15, 0.2) is 66.9 Å². The Morgan fingerprint density at radius 2 is 1.79 bits per heavy atom. The van der Waals surface area contributed by atoms with Gasteiger partial charge in [0.15, 0.2) is 0 Å². The second kappa shape index (κ2) is 9.04. The molecule has 144 valence electrons. The van der Waals surface area contributed by atoms with Crippen LogP contribution in [-0.2, 0) is 11.2 Å². The molecule has 1 heterocycles. The molecule has 2 aromatic carbocycles. The van der Waals surface area contributed by atoms with Gasteiger partial charge in [-0.1, -0.05) is 44.2 Å². The highest BCUT2D eigenvalue weighted by molar-refractivity contribution is 5.91. The highest BCUT2D eigenvalue weighted by Crippen LogP contribution is 2.26. The normalized spacial score (nSPS) is 10.6. The van der Waals surface area contributed by atoms with Gasteiger partial charge in [0.25, 0.3) is 0 Å². The number of para-hydroxylation sites is 1. The summed E-state index contributed by atoms with van der Waals surface area (Å²) >= 11 is 0. The molecule has 0 saturated carbocycles. The van der Waals surface area contributed by atoms with Gasteiger partial charge in [0.05, 0.1) is 25.4 Å². The van der Waals surface area contributed by atoms with E-state index in [-0.39, 0.29) is 12.3 Å². The molecule has 0 fully saturated rings. The van der Waals surface area contributed by atoms with E-state index < -0.39 is 0 Å². The van der Waals surface area contributed by atoms with Gasteiger partial charge in [0.1, 0.15) is 11.6 Å². The van der Waals surface area contributed by atoms with Crippen molar-refractivity contribution in [3.63, 3.8) is 0 Å². The Morgan fingerprint density at radius 3 is 2.43 bits per heavy atom. The molecule has 3 rings (SSSR count). The number of carbonyl (C=O) groups is 1. The lowest BCUT2D eigenvalue weighted by molar-refractivity contribution is -0.115. The van der Waals surface area contributed by atoms with E-state index in [4.69, 9.17) is 4.74 Å². The first-order valence-electron chi connectivity index (χ1n) is 9.30. The number of amides is 1. The van der Waals surface area contributed by atoms with Crippen molar-refractivity contribution in [2.75, 3.05) is 17.7 Å². The van der Waals surface area contributed by atoms with E-state index in [1.807, 2.05) is 42.5 Å². The van der Waals surface area contributed by atoms with Crippen LogP contribution in [0.25, 0.3) is 0 Å². The van der Waals surface area contributed by atoms with Crippen LogP contribution in [0.3, 0.4) is 0 Å². The third-order valence-electron chi connectivity index (χ3n) is 4.42. The standard InChI is InChI=1S/C23H25N3O2/c1-16(2)20-6-4-5-7-21(20)25-18-10-13-22(24-15-18)26-23(27)14-17-8-11-19(28-3)12-9-17/h4-13,15-16,25H,14H2,1-3H3,(H,24,26,27). The van der Waals surface area contributed by atoms with Crippen LogP contribution >= 0.6 is 0 Å². The quantitative estimate of drug-likeness (QED) is 0.600. The molecule has 0 radical (unpaired) electrons. The highest BCUT2D eigenvalue weighted by atomic mass is 16.5. The van der Waals surface area contributed by atoms with Gasteiger partial charge in [-0.2, -0.15) is 0 Å². The summed E-state index contributed by atoms with van der Waals surface area (Å²) in [5, 5.41) is 6.23. The molecule has 1 amide bonds. The summed E-state index contributed by atoms with van der Waals surface area (Å²) in [5.74, 6) is 1.62. The Bertz CT molecular complexity index is 919. The molecule has 5 nitrogen and oxygen atoms in total. The summed E-state index contributed by atoms with van der Waals surface area (Å²) in [6.07, 6.45) is 2.01. The van der Waals surface area contributed by atoms with Crippen LogP contribution < -0.4 is 15.4 Å². The van der Waals surface area contributed by atoms with E-state index in [0.717, 1.165) is 22.7 Å². The fourth-order valence-electron chi connectivity index (χ4n) is 2.93. The highest BCUT2D eigenvalue weighted by Gasteiger charge is 2.08. The summed E-state index contributed by atoms with van der Waals surface area (Å²) in [6.45, 7) is 4.33. The Morgan fingerprint density at radius 1 is 1.04 bits per heavy atom. The minimum absolute atomic E-state index is 0.108. The summed E-state index contributed by atoms with van der Waals surface area (Å²) in [7, 11) is 1.62. The third kappa shape index (κ3) is 5.10. The number of aromatic nitrogens is 1. The number of methoxy groups -OCH3 is 1. The van der Waals surface area contributed by atoms with Gasteiger partial charge in [0.2, 0.25) is 5.91 Å². The summed E-state index contributed by atoms with van der Waals surface area (Å²) in [4.78, 5) is 16.6. The smallest absolute Gasteiger partial charge is 0.229 e. The van der Waals surface area contributed by atoms with Crippen molar-refractivity contribution >= 4 is 23.1 Å². The Balaban J connectivity index is 1.60. The van der Waals surface area contributed by atoms with Crippen molar-refractivity contribution in [1.82, 2.24) is 4.98 Å². The predicted molar refractivity (Wildman–Crippen MR) is 113 cm³/mol. The first kappa shape index (κ1) is 19.4. The minimum atomic E-state index is -0.108. The predicted octanol–water partition coefficient (Wildman–Crippen LogP) is 5.14. The fraction of sp³-hybridized carbons (Fsp3) is 0.217. The largest absolute Gasteiger partial charge is 0.497 e. The number of anilines is 3. The first-order valence-corrected chi connectivity index (χ1v) is 9.30. The second-order valence-electron chi connectivity index (χ2n) is 6.87. The number of hydrogen-bond donors (Lipinski definition) is 2. The molecular formula is C23H25N3O2. The van der Waals surface area contributed by atoms with Crippen LogP contribution in [0.5, 0.6) is 5.75 Å². The topological polar surface area (TPSA) is 63.2 Å². The van der Waals surface area contributed by atoms with Crippen molar-refractivity contribution in [3.8, 4) is 5.75 Å². The van der Waals surface area contributed by atoms with Crippen molar-refractivity contribution in [2.45, 2.75) is 26.2 Å². The van der Waals surface area contributed by atoms with Crippen LogP contribution in [-0.4, -0.2) is 18.0 Å². The number of nitrogens with one attached hydrogen (secondary N) is 2. The lowest BCUT2D eigenvalue weighted by Crippen LogP contribution is -2.15. The van der Waals surface area contributed by atoms with Gasteiger partial charge in [-0.15, -0.1) is 0 Å². The SMILES string of the molecule is COc1ccc(CC(=O)Nc2ccc(Nc3ccccc3C(C)C)cn2)cc1. The average molecular weight is 375 g/mol. The van der Waals surface area contributed by atoms with E-state index in [1.54, 1.807) is 19.4 Å². The van der Waals surface area contributed by atoms with Crippen LogP contribution in [0.2, 0.25) is 0 Å². The molecule has 0 bridgehead atoms. The summed E-state index contributed by atoms with van der Waals surface area (Å²) in [5.41, 5.74) is 4.11. The number of hydrogen-bond acceptors (Lipinski definition) is 4. The van der Waals surface area contributed by atoms with Gasteiger partial charge in [-0.25, -0.2) is 4.98 Å². The van der Waals surface area contributed by atoms with Crippen LogP contribution in [0, 0.1) is 0 Å². The molecular weight excluding hydrogens is 350 g/mol. The molecule has 0 unspecified atom stereocenters. The second-order valence-corrected chi connectivity index (χ2v) is 6.87. The van der Waals surface area contributed by atoms with Crippen LogP contribution in [0.1, 0.15) is 30.9 Å². The van der Waals surface area contributed by atoms with Gasteiger partial charge in [-0.3, -0.25) is 4.79 Å². The molecule has 2 N–H and O–H groups in total. The van der Waals surface area contributed by atoms with Gasteiger partial charge < -0.3 is 15.4 Å². The number of benzene rings is 2. The van der Waals surface area contributed by atoms with Crippen molar-refractivity contribution in [1.29, 1.82) is 0 Å². The molecule has 5 heteroatoms. The first-order chi connectivity index (χ1) is 13.5. The molecule has 0 saturated heterocycles. The van der Waals surface area contributed by atoms with Crippen molar-refractivity contribution in [3.05, 3.63) is 78.0 Å². The number of pyridine rings is 1. The maximum absolute atomic E-state index is 12.2. The zero-order chi connectivity index (χ0) is 19.9. The van der Waals surface area contributed by atoms with E-state index in [0.29, 0.717) is 11.7 Å². The maximum Gasteiger partial charge on any atom is 0.229 e. The molecule has 0 atom stereocenters. The van der Waals surface area contributed by atoms with E-state index in [1.165, 1.54) is 5.56 Å². The Kier molecular flexibility index (Phi) is 6.27. The Hall–Kier alpha value is -3.34. The minimum Gasteiger partial charge on any atom is -0.497 e.